The minimum Gasteiger partial charge on any atom is -0.433 e. The number of carbonyl (C=O) groups excluding carboxylic acids is 1. The van der Waals surface area contributed by atoms with Crippen LogP contribution in [-0.4, -0.2) is 281 Å². The molecule has 34 atom stereocenters. The molecule has 28 heteroatoms. The number of hydrogen-bond donors (Lipinski definition) is 15. The number of allylic oxidation sites excluding steroid dienone is 2. The van der Waals surface area contributed by atoms with Crippen molar-refractivity contribution in [3.05, 3.63) is 11.1 Å². The van der Waals surface area contributed by atoms with Gasteiger partial charge in [-0.25, -0.2) is 0 Å². The number of fused-ring (bicyclic) bond motifs is 5. The van der Waals surface area contributed by atoms with Crippen molar-refractivity contribution < 1.29 is 138 Å². The highest BCUT2D eigenvalue weighted by atomic mass is 16.8. The Morgan fingerprint density at radius 2 is 1.13 bits per heavy atom. The van der Waals surface area contributed by atoms with E-state index >= 15 is 0 Å². The predicted molar refractivity (Wildman–Crippen MR) is 289 cm³/mol. The molecule has 0 bridgehead atoms. The molecule has 0 aromatic heterocycles. The largest absolute Gasteiger partial charge is 0.433 e. The van der Waals surface area contributed by atoms with Gasteiger partial charge in [-0.05, 0) is 81.0 Å². The Morgan fingerprint density at radius 3 is 1.77 bits per heavy atom. The number of esters is 1. The monoisotopic (exact) mass is 1250 g/mol. The van der Waals surface area contributed by atoms with Crippen LogP contribution in [0.5, 0.6) is 0 Å². The fourth-order valence-corrected chi connectivity index (χ4v) is 17.9. The Balaban J connectivity index is 0.801. The Morgan fingerprint density at radius 1 is 0.540 bits per heavy atom. The van der Waals surface area contributed by atoms with Gasteiger partial charge in [0.15, 0.2) is 31.5 Å². The Hall–Kier alpha value is -1.83. The quantitative estimate of drug-likeness (QED) is 0.0588. The highest BCUT2D eigenvalue weighted by Gasteiger charge is 2.75. The smallest absolute Gasteiger partial charge is 0.311 e. The summed E-state index contributed by atoms with van der Waals surface area (Å²) in [4.78, 5) is 12.8. The van der Waals surface area contributed by atoms with E-state index in [1.165, 1.54) is 18.1 Å². The molecule has 11 aliphatic rings. The number of hydrogen-bond acceptors (Lipinski definition) is 28. The SMILES string of the molecule is C[C@@H]1C[C@]2(C[C@@H](C)[C@]3(CC[C@@]4(C)C5=C(CC[C@@]43C)[C@@]3(C)CC[C@H](O[C@@H]4O[C@H](CO[C@@H]6OC[C@@H](O)[C@H](O)[C@@H]6O[C@@H]6O[C@H](CO)[C@@H](O)[C@H](O[C@@H]7O[C@H](CO)[C@@H](O)[C@H](O)[C@H]7O)[C@H]6O[C@@H]6O[C@@H](C)[C@H](O)[C@@H](O)[C@H]6O)[C@@H](O)[C@H](O)[C@H]4O)[C@@](C)(CO)[C@@H]3CC5)O2)OC1=O. The summed E-state index contributed by atoms with van der Waals surface area (Å²) in [6.45, 7) is 11.2. The van der Waals surface area contributed by atoms with Crippen molar-refractivity contribution in [3.8, 4) is 0 Å². The number of rotatable bonds is 14. The van der Waals surface area contributed by atoms with Crippen molar-refractivity contribution in [2.75, 3.05) is 33.0 Å². The van der Waals surface area contributed by atoms with Crippen LogP contribution in [0.25, 0.3) is 0 Å². The zero-order valence-electron chi connectivity index (χ0n) is 50.3. The van der Waals surface area contributed by atoms with Crippen molar-refractivity contribution in [1.82, 2.24) is 0 Å². The second kappa shape index (κ2) is 24.5. The fourth-order valence-electron chi connectivity index (χ4n) is 17.9. The standard InChI is InChI=1S/C59H94O28/c1-23-16-58(86-48(23)75)17-24(2)59(87-58)15-14-56(6)27-8-9-32-54(4,26(27)10-13-57(56,59)7)12-11-33(55(32,5)22-62)82-50-43(73)41(71)37(67)31(81-50)21-77-52-46(35(65)28(63)20-76-52)84-53-47(85-49-42(72)39(69)34(64)25(3)78-49)45(38(68)30(19-61)80-53)83-51-44(74)40(70)36(66)29(18-60)79-51/h23-25,28-47,49-53,60-74H,8-22H2,1-7H3/t23-,24-,25+,28-,29-,30-,31-,32-,33+,34+,35+,36-,37-,38-,39-,40+,41+,42-,43-,44-,45+,46+,47-,49+,50+,51+,52+,53+,54-,55+,56+,57+,58+,59+/m1/s1. The molecule has 87 heavy (non-hydrogen) atoms. The first-order valence-corrected chi connectivity index (χ1v) is 31.1. The van der Waals surface area contributed by atoms with Crippen LogP contribution in [-0.2, 0) is 61.6 Å². The molecule has 7 saturated heterocycles. The minimum absolute atomic E-state index is 0.0929. The van der Waals surface area contributed by atoms with Crippen LogP contribution in [0.2, 0.25) is 0 Å². The molecule has 7 aliphatic heterocycles. The van der Waals surface area contributed by atoms with Crippen molar-refractivity contribution >= 4 is 5.97 Å². The van der Waals surface area contributed by atoms with Gasteiger partial charge in [0.25, 0.3) is 0 Å². The second-order valence-corrected chi connectivity index (χ2v) is 28.0. The van der Waals surface area contributed by atoms with Gasteiger partial charge >= 0.3 is 5.97 Å². The molecule has 9 fully saturated rings. The molecule has 2 saturated carbocycles. The number of aliphatic hydroxyl groups excluding tert-OH is 15. The van der Waals surface area contributed by atoms with E-state index in [-0.39, 0.29) is 46.6 Å². The topological polar surface area (TPSA) is 431 Å². The first-order valence-electron chi connectivity index (χ1n) is 31.1. The lowest BCUT2D eigenvalue weighted by Gasteiger charge is -2.63. The zero-order chi connectivity index (χ0) is 63.0. The summed E-state index contributed by atoms with van der Waals surface area (Å²) >= 11 is 0. The van der Waals surface area contributed by atoms with Crippen molar-refractivity contribution in [3.63, 3.8) is 0 Å². The highest BCUT2D eigenvalue weighted by molar-refractivity contribution is 5.74. The fraction of sp³-hybridized carbons (Fsp3) is 0.949. The van der Waals surface area contributed by atoms with Gasteiger partial charge in [-0.15, -0.1) is 0 Å². The van der Waals surface area contributed by atoms with E-state index in [0.717, 1.165) is 38.5 Å². The van der Waals surface area contributed by atoms with Crippen LogP contribution in [0.3, 0.4) is 0 Å². The zero-order valence-corrected chi connectivity index (χ0v) is 50.3. The summed E-state index contributed by atoms with van der Waals surface area (Å²) in [7, 11) is 0. The Bertz CT molecular complexity index is 2480. The molecule has 11 rings (SSSR count). The number of ether oxygens (including phenoxy) is 12. The molecule has 2 spiro atoms. The van der Waals surface area contributed by atoms with Crippen LogP contribution >= 0.6 is 0 Å². The predicted octanol–water partition coefficient (Wildman–Crippen LogP) is -3.68. The first-order chi connectivity index (χ1) is 41.0. The minimum atomic E-state index is -2.05. The number of aliphatic hydroxyl groups is 15. The van der Waals surface area contributed by atoms with Gasteiger partial charge < -0.3 is 133 Å². The normalized spacial score (nSPS) is 56.1. The van der Waals surface area contributed by atoms with E-state index < -0.39 is 197 Å². The maximum Gasteiger partial charge on any atom is 0.311 e. The number of carbonyl (C=O) groups is 1. The van der Waals surface area contributed by atoms with Gasteiger partial charge in [0, 0.05) is 23.7 Å². The van der Waals surface area contributed by atoms with Gasteiger partial charge in [-0.1, -0.05) is 52.7 Å². The van der Waals surface area contributed by atoms with Crippen LogP contribution in [0, 0.1) is 39.4 Å². The molecule has 0 radical (unpaired) electrons. The van der Waals surface area contributed by atoms with Gasteiger partial charge in [0.2, 0.25) is 5.79 Å². The first kappa shape index (κ1) is 66.6. The van der Waals surface area contributed by atoms with E-state index in [2.05, 4.69) is 27.7 Å². The van der Waals surface area contributed by atoms with Gasteiger partial charge in [0.1, 0.15) is 110 Å². The average Bonchev–Trinajstić information content (AvgIpc) is 1.57. The lowest BCUT2D eigenvalue weighted by atomic mass is 9.42. The van der Waals surface area contributed by atoms with E-state index in [4.69, 9.17) is 56.8 Å². The van der Waals surface area contributed by atoms with Crippen LogP contribution < -0.4 is 0 Å². The maximum atomic E-state index is 12.8. The molecular weight excluding hydrogens is 1160 g/mol. The second-order valence-electron chi connectivity index (χ2n) is 28.0. The third-order valence-corrected chi connectivity index (χ3v) is 23.2. The van der Waals surface area contributed by atoms with Crippen LogP contribution in [0.4, 0.5) is 0 Å². The molecule has 0 aromatic rings. The van der Waals surface area contributed by atoms with E-state index in [1.54, 1.807) is 0 Å². The molecule has 0 aromatic carbocycles. The lowest BCUT2D eigenvalue weighted by molar-refractivity contribution is -0.406. The lowest BCUT2D eigenvalue weighted by Crippen LogP contribution is -2.68. The van der Waals surface area contributed by atoms with E-state index in [9.17, 15) is 81.4 Å². The molecule has 15 N–H and O–H groups in total. The third-order valence-electron chi connectivity index (χ3n) is 23.2. The summed E-state index contributed by atoms with van der Waals surface area (Å²) in [5.74, 6) is -1.27. The van der Waals surface area contributed by atoms with Crippen LogP contribution in [0.15, 0.2) is 11.1 Å². The van der Waals surface area contributed by atoms with Gasteiger partial charge in [-0.3, -0.25) is 4.79 Å². The Kier molecular flexibility index (Phi) is 18.8. The maximum absolute atomic E-state index is 12.8. The van der Waals surface area contributed by atoms with Gasteiger partial charge in [0.05, 0.1) is 56.8 Å². The van der Waals surface area contributed by atoms with Crippen molar-refractivity contribution in [1.29, 1.82) is 0 Å². The Labute approximate surface area is 504 Å². The molecule has 7 heterocycles. The molecule has 4 aliphatic carbocycles. The average molecular weight is 1250 g/mol. The molecule has 28 nitrogen and oxygen atoms in total. The summed E-state index contributed by atoms with van der Waals surface area (Å²) in [5.41, 5.74) is 0.685. The van der Waals surface area contributed by atoms with Crippen LogP contribution in [0.1, 0.15) is 113 Å². The third kappa shape index (κ3) is 10.7. The summed E-state index contributed by atoms with van der Waals surface area (Å²) in [5, 5.41) is 165. The molecule has 0 amide bonds. The van der Waals surface area contributed by atoms with E-state index in [1.807, 2.05) is 13.8 Å². The van der Waals surface area contributed by atoms with E-state index in [0.29, 0.717) is 25.7 Å². The molecule has 0 unspecified atom stereocenters. The molecule has 498 valence electrons. The van der Waals surface area contributed by atoms with Gasteiger partial charge in [-0.2, -0.15) is 0 Å². The highest BCUT2D eigenvalue weighted by Crippen LogP contribution is 2.76. The summed E-state index contributed by atoms with van der Waals surface area (Å²) in [6.07, 6.45) is -36.6. The summed E-state index contributed by atoms with van der Waals surface area (Å²) < 4.78 is 73.7. The van der Waals surface area contributed by atoms with Crippen molar-refractivity contribution in [2.45, 2.75) is 278 Å². The summed E-state index contributed by atoms with van der Waals surface area (Å²) in [6, 6.07) is 0. The van der Waals surface area contributed by atoms with Crippen molar-refractivity contribution in [2.24, 2.45) is 39.4 Å². The molecular formula is C59H94O28.